The normalized spacial score (nSPS) is 10.8. The maximum atomic E-state index is 6.21. The van der Waals surface area contributed by atoms with Crippen molar-refractivity contribution in [2.24, 2.45) is 0 Å². The van der Waals surface area contributed by atoms with E-state index in [1.807, 2.05) is 24.3 Å². The molecule has 0 aromatic heterocycles. The summed E-state index contributed by atoms with van der Waals surface area (Å²) in [6, 6.07) is 20.6. The highest BCUT2D eigenvalue weighted by molar-refractivity contribution is 5.54. The molecule has 3 aromatic carbocycles. The highest BCUT2D eigenvalue weighted by Gasteiger charge is 2.06. The number of anilines is 3. The monoisotopic (exact) mass is 331 g/mol. The van der Waals surface area contributed by atoms with Gasteiger partial charge in [-0.05, 0) is 71.3 Å². The topological polar surface area (TPSA) is 78.1 Å². The second kappa shape index (κ2) is 7.31. The predicted octanol–water partition coefficient (Wildman–Crippen LogP) is 4.18. The summed E-state index contributed by atoms with van der Waals surface area (Å²) < 4.78 is 0. The zero-order chi connectivity index (χ0) is 17.8. The van der Waals surface area contributed by atoms with Crippen LogP contribution in [0.15, 0.2) is 60.7 Å². The Morgan fingerprint density at radius 1 is 0.600 bits per heavy atom. The van der Waals surface area contributed by atoms with E-state index in [1.54, 1.807) is 0 Å². The third-order valence-corrected chi connectivity index (χ3v) is 4.58. The Balaban J connectivity index is 1.83. The van der Waals surface area contributed by atoms with Gasteiger partial charge in [0.2, 0.25) is 0 Å². The van der Waals surface area contributed by atoms with Crippen LogP contribution in [0, 0.1) is 0 Å². The van der Waals surface area contributed by atoms with Crippen molar-refractivity contribution in [2.75, 3.05) is 17.2 Å². The standard InChI is InChI=1S/C22H25N3/c1-2-18-12-17(6-9-21(18)24)14-19-13-16(5-10-22(19)25)11-15-3-7-20(23)8-4-15/h3-10,12-13H,2,11,14,23-25H2,1H3. The molecule has 0 amide bonds. The first kappa shape index (κ1) is 16.9. The number of hydrogen-bond donors (Lipinski definition) is 3. The molecule has 3 rings (SSSR count). The molecule has 0 atom stereocenters. The second-order valence-corrected chi connectivity index (χ2v) is 6.52. The van der Waals surface area contributed by atoms with Gasteiger partial charge in [0.1, 0.15) is 0 Å². The van der Waals surface area contributed by atoms with Gasteiger partial charge in [-0.3, -0.25) is 0 Å². The molecule has 3 nitrogen and oxygen atoms in total. The van der Waals surface area contributed by atoms with Gasteiger partial charge >= 0.3 is 0 Å². The molecule has 3 heteroatoms. The van der Waals surface area contributed by atoms with Crippen LogP contribution in [0.25, 0.3) is 0 Å². The van der Waals surface area contributed by atoms with Crippen LogP contribution in [0.1, 0.15) is 34.7 Å². The van der Waals surface area contributed by atoms with E-state index in [1.165, 1.54) is 22.3 Å². The van der Waals surface area contributed by atoms with Gasteiger partial charge in [0, 0.05) is 17.1 Å². The van der Waals surface area contributed by atoms with Crippen LogP contribution in [0.2, 0.25) is 0 Å². The molecule has 0 heterocycles. The van der Waals surface area contributed by atoms with Crippen LogP contribution in [0.3, 0.4) is 0 Å². The molecule has 0 aliphatic carbocycles. The van der Waals surface area contributed by atoms with E-state index in [4.69, 9.17) is 17.2 Å². The minimum Gasteiger partial charge on any atom is -0.399 e. The molecule has 0 saturated heterocycles. The first-order valence-corrected chi connectivity index (χ1v) is 8.64. The predicted molar refractivity (Wildman–Crippen MR) is 108 cm³/mol. The molecule has 3 aromatic rings. The molecule has 0 aliphatic heterocycles. The molecular formula is C22H25N3. The smallest absolute Gasteiger partial charge is 0.0350 e. The zero-order valence-electron chi connectivity index (χ0n) is 14.6. The van der Waals surface area contributed by atoms with E-state index in [2.05, 4.69) is 43.3 Å². The van der Waals surface area contributed by atoms with Crippen LogP contribution < -0.4 is 17.2 Å². The molecule has 0 unspecified atom stereocenters. The summed E-state index contributed by atoms with van der Waals surface area (Å²) in [4.78, 5) is 0. The van der Waals surface area contributed by atoms with E-state index in [0.29, 0.717) is 0 Å². The molecule has 25 heavy (non-hydrogen) atoms. The van der Waals surface area contributed by atoms with Crippen LogP contribution in [-0.2, 0) is 19.3 Å². The summed E-state index contributed by atoms with van der Waals surface area (Å²) in [5, 5.41) is 0. The molecule has 0 aliphatic rings. The molecule has 0 radical (unpaired) electrons. The Labute approximate surface area is 149 Å². The highest BCUT2D eigenvalue weighted by atomic mass is 14.6. The Bertz CT molecular complexity index is 867. The third kappa shape index (κ3) is 4.13. The van der Waals surface area contributed by atoms with Gasteiger partial charge in [-0.2, -0.15) is 0 Å². The Morgan fingerprint density at radius 3 is 1.76 bits per heavy atom. The molecule has 0 bridgehead atoms. The van der Waals surface area contributed by atoms with Crippen molar-refractivity contribution in [1.82, 2.24) is 0 Å². The number of aryl methyl sites for hydroxylation is 1. The highest BCUT2D eigenvalue weighted by Crippen LogP contribution is 2.23. The number of rotatable bonds is 5. The average Bonchev–Trinajstić information content (AvgIpc) is 2.61. The molecule has 0 spiro atoms. The summed E-state index contributed by atoms with van der Waals surface area (Å²) in [6.07, 6.45) is 2.62. The Hall–Kier alpha value is -2.94. The number of nitrogens with two attached hydrogens (primary N) is 3. The summed E-state index contributed by atoms with van der Waals surface area (Å²) in [5.41, 5.74) is 26.5. The van der Waals surface area contributed by atoms with Gasteiger partial charge < -0.3 is 17.2 Å². The number of hydrogen-bond acceptors (Lipinski definition) is 3. The van der Waals surface area contributed by atoms with E-state index >= 15 is 0 Å². The van der Waals surface area contributed by atoms with Crippen molar-refractivity contribution >= 4 is 17.1 Å². The van der Waals surface area contributed by atoms with Crippen molar-refractivity contribution in [3.05, 3.63) is 88.5 Å². The minimum absolute atomic E-state index is 0.789. The van der Waals surface area contributed by atoms with E-state index in [-0.39, 0.29) is 0 Å². The first-order chi connectivity index (χ1) is 12.0. The Morgan fingerprint density at radius 2 is 1.12 bits per heavy atom. The molecule has 128 valence electrons. The lowest BCUT2D eigenvalue weighted by Crippen LogP contribution is -2.00. The first-order valence-electron chi connectivity index (χ1n) is 8.64. The van der Waals surface area contributed by atoms with Gasteiger partial charge in [-0.25, -0.2) is 0 Å². The van der Waals surface area contributed by atoms with E-state index in [0.717, 1.165) is 41.9 Å². The van der Waals surface area contributed by atoms with Crippen molar-refractivity contribution < 1.29 is 0 Å². The van der Waals surface area contributed by atoms with Gasteiger partial charge in [0.05, 0.1) is 0 Å². The second-order valence-electron chi connectivity index (χ2n) is 6.52. The molecular weight excluding hydrogens is 306 g/mol. The van der Waals surface area contributed by atoms with Crippen molar-refractivity contribution in [3.8, 4) is 0 Å². The molecule has 0 fully saturated rings. The lowest BCUT2D eigenvalue weighted by atomic mass is 9.96. The fourth-order valence-electron chi connectivity index (χ4n) is 3.09. The maximum Gasteiger partial charge on any atom is 0.0350 e. The average molecular weight is 331 g/mol. The lowest BCUT2D eigenvalue weighted by Gasteiger charge is -2.11. The molecule has 0 saturated carbocycles. The van der Waals surface area contributed by atoms with Gasteiger partial charge in [-0.1, -0.05) is 43.3 Å². The van der Waals surface area contributed by atoms with Crippen molar-refractivity contribution in [1.29, 1.82) is 0 Å². The largest absolute Gasteiger partial charge is 0.399 e. The molecule has 6 N–H and O–H groups in total. The van der Waals surface area contributed by atoms with Crippen LogP contribution in [0.5, 0.6) is 0 Å². The summed E-state index contributed by atoms with van der Waals surface area (Å²) in [6.45, 7) is 2.12. The summed E-state index contributed by atoms with van der Waals surface area (Å²) in [5.74, 6) is 0. The maximum absolute atomic E-state index is 6.21. The van der Waals surface area contributed by atoms with Crippen LogP contribution in [-0.4, -0.2) is 0 Å². The van der Waals surface area contributed by atoms with Gasteiger partial charge in [0.15, 0.2) is 0 Å². The number of benzene rings is 3. The quantitative estimate of drug-likeness (QED) is 0.614. The third-order valence-electron chi connectivity index (χ3n) is 4.58. The minimum atomic E-state index is 0.789. The zero-order valence-corrected chi connectivity index (χ0v) is 14.6. The van der Waals surface area contributed by atoms with E-state index in [9.17, 15) is 0 Å². The van der Waals surface area contributed by atoms with Gasteiger partial charge in [-0.15, -0.1) is 0 Å². The summed E-state index contributed by atoms with van der Waals surface area (Å²) in [7, 11) is 0. The number of nitrogen functional groups attached to an aromatic ring is 3. The van der Waals surface area contributed by atoms with Gasteiger partial charge in [0.25, 0.3) is 0 Å². The lowest BCUT2D eigenvalue weighted by molar-refractivity contribution is 1.10. The van der Waals surface area contributed by atoms with Crippen LogP contribution >= 0.6 is 0 Å². The SMILES string of the molecule is CCc1cc(Cc2cc(Cc3ccc(N)cc3)ccc2N)ccc1N. The van der Waals surface area contributed by atoms with Crippen LogP contribution in [0.4, 0.5) is 17.1 Å². The van der Waals surface area contributed by atoms with E-state index < -0.39 is 0 Å². The fourth-order valence-corrected chi connectivity index (χ4v) is 3.09. The summed E-state index contributed by atoms with van der Waals surface area (Å²) >= 11 is 0. The van der Waals surface area contributed by atoms with Crippen molar-refractivity contribution in [3.63, 3.8) is 0 Å². The Kier molecular flexibility index (Phi) is 4.94. The fraction of sp³-hybridized carbons (Fsp3) is 0.182. The van der Waals surface area contributed by atoms with Crippen molar-refractivity contribution in [2.45, 2.75) is 26.2 Å².